The van der Waals surface area contributed by atoms with E-state index < -0.39 is 0 Å². The molecule has 2 aromatic rings. The third-order valence-corrected chi connectivity index (χ3v) is 6.81. The minimum atomic E-state index is 0.392. The van der Waals surface area contributed by atoms with E-state index in [2.05, 4.69) is 90.4 Å². The molecule has 2 unspecified atom stereocenters. The zero-order chi connectivity index (χ0) is 18.8. The molecule has 0 amide bonds. The Labute approximate surface area is 168 Å². The lowest BCUT2D eigenvalue weighted by molar-refractivity contribution is -0.935. The van der Waals surface area contributed by atoms with Crippen molar-refractivity contribution >= 4 is 0 Å². The highest BCUT2D eigenvalue weighted by Gasteiger charge is 2.45. The van der Waals surface area contributed by atoms with E-state index in [4.69, 9.17) is 0 Å². The van der Waals surface area contributed by atoms with Crippen LogP contribution in [0.1, 0.15) is 29.9 Å². The molecule has 1 N–H and O–H groups in total. The Kier molecular flexibility index (Phi) is 4.66. The number of nitrogens with zero attached hydrogens (tertiary/aromatic N) is 1. The molecule has 0 radical (unpaired) electrons. The van der Waals surface area contributed by atoms with Gasteiger partial charge in [-0.2, -0.15) is 0 Å². The minimum absolute atomic E-state index is 0.392. The first-order valence-corrected chi connectivity index (χ1v) is 10.6. The average Bonchev–Trinajstić information content (AvgIpc) is 3.11. The molecule has 2 aromatic carbocycles. The highest BCUT2D eigenvalue weighted by atomic mass is 15.4. The van der Waals surface area contributed by atoms with Crippen LogP contribution in [0.5, 0.6) is 0 Å². The van der Waals surface area contributed by atoms with Crippen molar-refractivity contribution < 1.29 is 4.48 Å². The Balaban J connectivity index is 1.45. The number of benzene rings is 2. The van der Waals surface area contributed by atoms with Crippen LogP contribution in [-0.2, 0) is 6.42 Å². The molecule has 1 fully saturated rings. The van der Waals surface area contributed by atoms with Gasteiger partial charge < -0.3 is 9.80 Å². The zero-order valence-electron chi connectivity index (χ0n) is 16.4. The van der Waals surface area contributed by atoms with Crippen molar-refractivity contribution in [3.8, 4) is 0 Å². The molecule has 142 valence electrons. The van der Waals surface area contributed by atoms with Gasteiger partial charge >= 0.3 is 0 Å². The first-order valence-electron chi connectivity index (χ1n) is 10.6. The number of rotatable bonds is 4. The van der Waals surface area contributed by atoms with Crippen molar-refractivity contribution in [2.75, 3.05) is 19.8 Å². The summed E-state index contributed by atoms with van der Waals surface area (Å²) in [6.07, 6.45) is 13.3. The lowest BCUT2D eigenvalue weighted by atomic mass is 9.84. The van der Waals surface area contributed by atoms with Crippen molar-refractivity contribution in [1.29, 1.82) is 0 Å². The molecule has 28 heavy (non-hydrogen) atoms. The van der Waals surface area contributed by atoms with E-state index in [0.29, 0.717) is 12.0 Å². The molecule has 2 nitrogen and oxygen atoms in total. The van der Waals surface area contributed by atoms with E-state index in [1.54, 1.807) is 5.57 Å². The molecule has 5 rings (SSSR count). The summed E-state index contributed by atoms with van der Waals surface area (Å²) < 4.78 is 1.18. The second-order valence-electron chi connectivity index (χ2n) is 8.44. The predicted molar refractivity (Wildman–Crippen MR) is 116 cm³/mol. The van der Waals surface area contributed by atoms with Crippen molar-refractivity contribution in [2.45, 2.75) is 31.2 Å². The van der Waals surface area contributed by atoms with Crippen LogP contribution in [0.2, 0.25) is 0 Å². The van der Waals surface area contributed by atoms with Gasteiger partial charge in [-0.3, -0.25) is 0 Å². The molecular formula is C26H29N2+. The summed E-state index contributed by atoms with van der Waals surface area (Å²) in [6, 6.07) is 22.5. The smallest absolute Gasteiger partial charge is 0.152 e. The highest BCUT2D eigenvalue weighted by molar-refractivity contribution is 5.50. The summed E-state index contributed by atoms with van der Waals surface area (Å²) >= 11 is 0. The summed E-state index contributed by atoms with van der Waals surface area (Å²) in [5.41, 5.74) is 5.80. The number of quaternary nitrogens is 1. The SMILES string of the molecule is C1=C[C@@H](c2ccccc2)C=C2C1=CNC[N+]1(CCc3ccccc3)CCCC21. The Hall–Kier alpha value is -2.58. The van der Waals surface area contributed by atoms with Crippen LogP contribution in [0, 0.1) is 0 Å². The van der Waals surface area contributed by atoms with E-state index >= 15 is 0 Å². The van der Waals surface area contributed by atoms with Crippen molar-refractivity contribution in [2.24, 2.45) is 0 Å². The third kappa shape index (κ3) is 3.22. The lowest BCUT2D eigenvalue weighted by Gasteiger charge is -2.40. The Morgan fingerprint density at radius 1 is 0.964 bits per heavy atom. The van der Waals surface area contributed by atoms with E-state index in [-0.39, 0.29) is 0 Å². The summed E-state index contributed by atoms with van der Waals surface area (Å²) in [5, 5.41) is 3.67. The van der Waals surface area contributed by atoms with Crippen LogP contribution in [0.4, 0.5) is 0 Å². The van der Waals surface area contributed by atoms with E-state index in [1.165, 1.54) is 47.1 Å². The molecular weight excluding hydrogens is 340 g/mol. The number of hydrogen-bond acceptors (Lipinski definition) is 1. The third-order valence-electron chi connectivity index (χ3n) is 6.81. The highest BCUT2D eigenvalue weighted by Crippen LogP contribution is 2.40. The first-order chi connectivity index (χ1) is 13.8. The molecule has 0 spiro atoms. The van der Waals surface area contributed by atoms with Gasteiger partial charge in [-0.25, -0.2) is 0 Å². The summed E-state index contributed by atoms with van der Waals surface area (Å²) in [5.74, 6) is 0.392. The van der Waals surface area contributed by atoms with E-state index in [9.17, 15) is 0 Å². The number of hydrogen-bond donors (Lipinski definition) is 1. The number of allylic oxidation sites excluding steroid dienone is 3. The fourth-order valence-electron chi connectivity index (χ4n) is 5.32. The Bertz CT molecular complexity index is 910. The quantitative estimate of drug-likeness (QED) is 0.753. The fraction of sp³-hybridized carbons (Fsp3) is 0.308. The summed E-state index contributed by atoms with van der Waals surface area (Å²) in [6.45, 7) is 3.53. The van der Waals surface area contributed by atoms with Gasteiger partial charge in [0.05, 0.1) is 13.1 Å². The average molecular weight is 370 g/mol. The maximum atomic E-state index is 3.67. The summed E-state index contributed by atoms with van der Waals surface area (Å²) in [4.78, 5) is 0. The fourth-order valence-corrected chi connectivity index (χ4v) is 5.32. The van der Waals surface area contributed by atoms with Gasteiger partial charge in [0.25, 0.3) is 0 Å². The van der Waals surface area contributed by atoms with Crippen molar-refractivity contribution in [3.63, 3.8) is 0 Å². The van der Waals surface area contributed by atoms with Crippen LogP contribution in [0.25, 0.3) is 0 Å². The van der Waals surface area contributed by atoms with Gasteiger partial charge in [-0.05, 0) is 16.7 Å². The monoisotopic (exact) mass is 369 g/mol. The maximum absolute atomic E-state index is 3.67. The molecule has 2 heteroatoms. The Morgan fingerprint density at radius 2 is 1.75 bits per heavy atom. The standard InChI is InChI=1S/C26H29N2/c1-3-8-21(9-4-1)15-17-28-16-7-12-26(28)25-18-23(22-10-5-2-6-11-22)13-14-24(25)19-27-20-28/h1-6,8-11,13-14,18-19,23,26-27H,7,12,15-17,20H2/q+1/t23-,26?,28?/m1/s1. The van der Waals surface area contributed by atoms with Crippen LogP contribution in [0.15, 0.2) is 96.2 Å². The zero-order valence-corrected chi connectivity index (χ0v) is 16.4. The largest absolute Gasteiger partial charge is 0.345 e. The molecule has 3 atom stereocenters. The first kappa shape index (κ1) is 17.5. The van der Waals surface area contributed by atoms with Gasteiger partial charge in [0, 0.05) is 37.0 Å². The van der Waals surface area contributed by atoms with Crippen LogP contribution < -0.4 is 5.32 Å². The van der Waals surface area contributed by atoms with Gasteiger partial charge in [-0.15, -0.1) is 0 Å². The molecule has 0 bridgehead atoms. The molecule has 2 heterocycles. The van der Waals surface area contributed by atoms with E-state index in [0.717, 1.165) is 13.1 Å². The molecule has 0 aromatic heterocycles. The second-order valence-corrected chi connectivity index (χ2v) is 8.44. The van der Waals surface area contributed by atoms with Gasteiger partial charge in [-0.1, -0.05) is 78.9 Å². The second kappa shape index (κ2) is 7.44. The van der Waals surface area contributed by atoms with Crippen LogP contribution in [-0.4, -0.2) is 30.3 Å². The van der Waals surface area contributed by atoms with Crippen LogP contribution in [0.3, 0.4) is 0 Å². The van der Waals surface area contributed by atoms with Crippen LogP contribution >= 0.6 is 0 Å². The number of nitrogens with one attached hydrogen (secondary N) is 1. The van der Waals surface area contributed by atoms with E-state index in [1.807, 2.05) is 0 Å². The lowest BCUT2D eigenvalue weighted by Crippen LogP contribution is -2.56. The van der Waals surface area contributed by atoms with Crippen molar-refractivity contribution in [1.82, 2.24) is 5.32 Å². The maximum Gasteiger partial charge on any atom is 0.152 e. The normalized spacial score (nSPS) is 28.4. The summed E-state index contributed by atoms with van der Waals surface area (Å²) in [7, 11) is 0. The van der Waals surface area contributed by atoms with Gasteiger partial charge in [0.2, 0.25) is 0 Å². The molecule has 3 aliphatic rings. The molecule has 2 aliphatic heterocycles. The van der Waals surface area contributed by atoms with Gasteiger partial charge in [0.1, 0.15) is 6.04 Å². The molecule has 1 aliphatic carbocycles. The topological polar surface area (TPSA) is 12.0 Å². The molecule has 1 saturated heterocycles. The van der Waals surface area contributed by atoms with Crippen molar-refractivity contribution in [3.05, 3.63) is 107 Å². The number of fused-ring (bicyclic) bond motifs is 3. The minimum Gasteiger partial charge on any atom is -0.345 e. The predicted octanol–water partition coefficient (Wildman–Crippen LogP) is 4.93. The Morgan fingerprint density at radius 3 is 2.57 bits per heavy atom. The molecule has 0 saturated carbocycles. The van der Waals surface area contributed by atoms with Gasteiger partial charge in [0.15, 0.2) is 6.67 Å².